The van der Waals surface area contributed by atoms with Crippen LogP contribution in [0.2, 0.25) is 0 Å². The maximum atomic E-state index is 2.30. The molecule has 0 nitrogen and oxygen atoms in total. The molecule has 0 heteroatoms. The van der Waals surface area contributed by atoms with Crippen LogP contribution in [0.15, 0.2) is 22.3 Å². The normalized spacial score (nSPS) is 21.0. The third-order valence-corrected chi connectivity index (χ3v) is 3.61. The highest BCUT2D eigenvalue weighted by Crippen LogP contribution is 2.38. The van der Waals surface area contributed by atoms with Gasteiger partial charge in [-0.05, 0) is 20.8 Å². The second-order valence-corrected chi connectivity index (χ2v) is 3.96. The average Bonchev–Trinajstić information content (AvgIpc) is 2.08. The molecule has 0 N–H and O–H groups in total. The van der Waals surface area contributed by atoms with Gasteiger partial charge in [-0.15, -0.1) is 0 Å². The van der Waals surface area contributed by atoms with E-state index < -0.39 is 0 Å². The summed E-state index contributed by atoms with van der Waals surface area (Å²) in [4.78, 5) is 0. The van der Waals surface area contributed by atoms with E-state index in [0.29, 0.717) is 5.92 Å². The maximum Gasteiger partial charge on any atom is 0.0854 e. The molecule has 0 radical (unpaired) electrons. The highest BCUT2D eigenvalue weighted by Gasteiger charge is 2.31. The molecule has 1 aliphatic carbocycles. The summed E-state index contributed by atoms with van der Waals surface area (Å²) in [6.45, 7) is 13.5. The van der Waals surface area contributed by atoms with Crippen LogP contribution in [0.4, 0.5) is 0 Å². The minimum Gasteiger partial charge on any atom is -0.0312 e. The molecule has 0 amide bonds. The number of hydrogen-bond donors (Lipinski definition) is 0. The molecule has 0 bridgehead atoms. The minimum atomic E-state index is 0.647. The molecule has 0 saturated carbocycles. The SMILES string of the molecule is CC1=C(C)C(C)C(C)=C(C)[C+]1C. The van der Waals surface area contributed by atoms with E-state index in [9.17, 15) is 0 Å². The van der Waals surface area contributed by atoms with Crippen molar-refractivity contribution in [2.75, 3.05) is 0 Å². The predicted molar refractivity (Wildman–Crippen MR) is 54.8 cm³/mol. The lowest BCUT2D eigenvalue weighted by atomic mass is 9.76. The first-order valence-corrected chi connectivity index (χ1v) is 4.65. The van der Waals surface area contributed by atoms with Crippen LogP contribution >= 0.6 is 0 Å². The number of hydrogen-bond acceptors (Lipinski definition) is 0. The molecule has 0 spiro atoms. The first kappa shape index (κ1) is 9.44. The largest absolute Gasteiger partial charge is 0.0854 e. The molecule has 0 aliphatic heterocycles. The first-order valence-electron chi connectivity index (χ1n) is 4.65. The van der Waals surface area contributed by atoms with Crippen molar-refractivity contribution < 1.29 is 0 Å². The summed E-state index contributed by atoms with van der Waals surface area (Å²) >= 11 is 0. The smallest absolute Gasteiger partial charge is 0.0312 e. The summed E-state index contributed by atoms with van der Waals surface area (Å²) < 4.78 is 0. The Morgan fingerprint density at radius 2 is 1.25 bits per heavy atom. The lowest BCUT2D eigenvalue weighted by Crippen LogP contribution is -2.14. The van der Waals surface area contributed by atoms with Crippen molar-refractivity contribution in [3.63, 3.8) is 0 Å². The van der Waals surface area contributed by atoms with E-state index in [0.717, 1.165) is 0 Å². The third-order valence-electron chi connectivity index (χ3n) is 3.61. The van der Waals surface area contributed by atoms with Crippen molar-refractivity contribution in [2.45, 2.75) is 41.5 Å². The van der Waals surface area contributed by atoms with E-state index in [2.05, 4.69) is 41.5 Å². The molecule has 12 heavy (non-hydrogen) atoms. The zero-order chi connectivity index (χ0) is 9.46. The Morgan fingerprint density at radius 3 is 1.58 bits per heavy atom. The van der Waals surface area contributed by atoms with Crippen LogP contribution in [-0.2, 0) is 0 Å². The molecule has 1 rings (SSSR count). The van der Waals surface area contributed by atoms with Gasteiger partial charge < -0.3 is 0 Å². The number of rotatable bonds is 0. The van der Waals surface area contributed by atoms with Crippen molar-refractivity contribution in [1.29, 1.82) is 0 Å². The van der Waals surface area contributed by atoms with Crippen molar-refractivity contribution in [1.82, 2.24) is 0 Å². The van der Waals surface area contributed by atoms with Crippen molar-refractivity contribution >= 4 is 0 Å². The molecule has 0 unspecified atom stereocenters. The van der Waals surface area contributed by atoms with E-state index in [-0.39, 0.29) is 0 Å². The van der Waals surface area contributed by atoms with Gasteiger partial charge in [-0.3, -0.25) is 0 Å². The molecule has 0 aromatic rings. The van der Waals surface area contributed by atoms with Crippen LogP contribution in [0.1, 0.15) is 41.5 Å². The van der Waals surface area contributed by atoms with Crippen LogP contribution in [0.5, 0.6) is 0 Å². The molecule has 0 saturated heterocycles. The second-order valence-electron chi connectivity index (χ2n) is 3.96. The maximum absolute atomic E-state index is 2.30. The minimum absolute atomic E-state index is 0.647. The van der Waals surface area contributed by atoms with E-state index in [4.69, 9.17) is 0 Å². The van der Waals surface area contributed by atoms with Gasteiger partial charge in [-0.2, -0.15) is 0 Å². The fraction of sp³-hybridized carbons (Fsp3) is 0.583. The van der Waals surface area contributed by atoms with E-state index in [1.54, 1.807) is 0 Å². The molecule has 0 aromatic carbocycles. The van der Waals surface area contributed by atoms with Crippen molar-refractivity contribution in [2.24, 2.45) is 5.92 Å². The molecule has 0 atom stereocenters. The topological polar surface area (TPSA) is 0 Å². The third kappa shape index (κ3) is 1.20. The van der Waals surface area contributed by atoms with Crippen LogP contribution in [0.3, 0.4) is 0 Å². The summed E-state index contributed by atoms with van der Waals surface area (Å²) in [7, 11) is 0. The second kappa shape index (κ2) is 3.01. The molecular weight excluding hydrogens is 144 g/mol. The Hall–Kier alpha value is -0.650. The lowest BCUT2D eigenvalue weighted by molar-refractivity contribution is 0.742. The standard InChI is InChI=1S/C12H19/c1-7-8(2)10(4)12(6)11(5)9(7)3/h7H,1-6H3/q+1. The van der Waals surface area contributed by atoms with Gasteiger partial charge in [-0.1, -0.05) is 0 Å². The summed E-state index contributed by atoms with van der Waals surface area (Å²) in [6, 6.07) is 0. The fourth-order valence-corrected chi connectivity index (χ4v) is 1.85. The van der Waals surface area contributed by atoms with E-state index in [1.807, 2.05) is 0 Å². The molecule has 66 valence electrons. The van der Waals surface area contributed by atoms with E-state index >= 15 is 0 Å². The number of allylic oxidation sites excluding steroid dienone is 4. The Bertz CT molecular complexity index is 201. The van der Waals surface area contributed by atoms with Gasteiger partial charge >= 0.3 is 0 Å². The lowest BCUT2D eigenvalue weighted by Gasteiger charge is -2.21. The Balaban J connectivity index is 3.13. The molecule has 1 aliphatic rings. The highest BCUT2D eigenvalue weighted by atomic mass is 14.3. The quantitative estimate of drug-likeness (QED) is 0.475. The summed E-state index contributed by atoms with van der Waals surface area (Å²) in [5.41, 5.74) is 6.06. The van der Waals surface area contributed by atoms with Crippen LogP contribution in [0.25, 0.3) is 0 Å². The molecule has 0 heterocycles. The van der Waals surface area contributed by atoms with E-state index in [1.165, 1.54) is 28.2 Å². The van der Waals surface area contributed by atoms with Crippen molar-refractivity contribution in [3.8, 4) is 0 Å². The van der Waals surface area contributed by atoms with Gasteiger partial charge in [0.05, 0.1) is 23.0 Å². The van der Waals surface area contributed by atoms with Gasteiger partial charge in [0.25, 0.3) is 0 Å². The highest BCUT2D eigenvalue weighted by molar-refractivity contribution is 5.48. The van der Waals surface area contributed by atoms with Gasteiger partial charge in [0, 0.05) is 31.9 Å². The van der Waals surface area contributed by atoms with Crippen LogP contribution < -0.4 is 0 Å². The molecule has 0 fully saturated rings. The summed E-state index contributed by atoms with van der Waals surface area (Å²) in [6.07, 6.45) is 0. The zero-order valence-corrected chi connectivity index (χ0v) is 9.08. The van der Waals surface area contributed by atoms with Gasteiger partial charge in [0.2, 0.25) is 0 Å². The predicted octanol–water partition coefficient (Wildman–Crippen LogP) is 3.90. The van der Waals surface area contributed by atoms with Gasteiger partial charge in [-0.25, -0.2) is 0 Å². The summed E-state index contributed by atoms with van der Waals surface area (Å²) in [5, 5.41) is 0. The Labute approximate surface area is 76.4 Å². The average molecular weight is 163 g/mol. The van der Waals surface area contributed by atoms with Crippen LogP contribution in [-0.4, -0.2) is 0 Å². The van der Waals surface area contributed by atoms with Gasteiger partial charge in [0.1, 0.15) is 0 Å². The molecular formula is C12H19+. The molecule has 0 aromatic heterocycles. The first-order chi connectivity index (χ1) is 5.46. The Kier molecular flexibility index (Phi) is 2.36. The monoisotopic (exact) mass is 163 g/mol. The van der Waals surface area contributed by atoms with Gasteiger partial charge in [0.15, 0.2) is 0 Å². The fourth-order valence-electron chi connectivity index (χ4n) is 1.85. The van der Waals surface area contributed by atoms with Crippen LogP contribution in [0, 0.1) is 11.8 Å². The Morgan fingerprint density at radius 1 is 0.917 bits per heavy atom. The zero-order valence-electron chi connectivity index (χ0n) is 9.08. The van der Waals surface area contributed by atoms with Crippen molar-refractivity contribution in [3.05, 3.63) is 28.2 Å². The summed E-state index contributed by atoms with van der Waals surface area (Å²) in [5.74, 6) is 2.12.